The van der Waals surface area contributed by atoms with Crippen molar-refractivity contribution in [2.24, 2.45) is 11.3 Å². The van der Waals surface area contributed by atoms with Crippen molar-refractivity contribution in [3.8, 4) is 0 Å². The lowest BCUT2D eigenvalue weighted by Crippen LogP contribution is -2.65. The van der Waals surface area contributed by atoms with E-state index < -0.39 is 28.7 Å². The van der Waals surface area contributed by atoms with E-state index in [0.29, 0.717) is 11.6 Å². The fourth-order valence-corrected chi connectivity index (χ4v) is 4.52. The number of aryl methyl sites for hydroxylation is 1. The zero-order valence-electron chi connectivity index (χ0n) is 21.0. The highest BCUT2D eigenvalue weighted by Crippen LogP contribution is 2.38. The predicted octanol–water partition coefficient (Wildman–Crippen LogP) is 3.22. The highest BCUT2D eigenvalue weighted by molar-refractivity contribution is 7.14. The van der Waals surface area contributed by atoms with Crippen LogP contribution in [0.3, 0.4) is 0 Å². The molecule has 0 spiro atoms. The topological polar surface area (TPSA) is 116 Å². The van der Waals surface area contributed by atoms with E-state index in [0.717, 1.165) is 23.3 Å². The Bertz CT molecular complexity index is 1100. The number of hydrogen-bond donors (Lipinski definition) is 3. The van der Waals surface area contributed by atoms with Crippen LogP contribution in [-0.2, 0) is 4.79 Å². The van der Waals surface area contributed by atoms with Gasteiger partial charge < -0.3 is 10.2 Å². The Morgan fingerprint density at radius 2 is 1.77 bits per heavy atom. The molecule has 10 heteroatoms. The van der Waals surface area contributed by atoms with Crippen LogP contribution in [0.4, 0.5) is 5.13 Å². The number of rotatable bonds is 8. The van der Waals surface area contributed by atoms with Crippen molar-refractivity contribution >= 4 is 34.2 Å². The summed E-state index contributed by atoms with van der Waals surface area (Å²) in [5.74, 6) is -0.711. The van der Waals surface area contributed by atoms with Gasteiger partial charge in [-0.15, -0.1) is 11.3 Å². The standard InChI is InChI=1S/C25H34N6O3S/c1-15-6-9-17(12-26-15)20(32)28-25(5,24(2,3)4)22(34)30-29-21(33)19-14-35-23(27-19)31(18-10-11-18)13-16-7-8-16/h6,9,12,14,16,18H,7-8,10-11,13H2,1-5H3,(H,28,32)(H,29,33)(H,30,34)/t25-/m0/s1. The molecule has 0 unspecified atom stereocenters. The average Bonchev–Trinajstić information content (AvgIpc) is 3.73. The zero-order valence-corrected chi connectivity index (χ0v) is 21.8. The van der Waals surface area contributed by atoms with E-state index >= 15 is 0 Å². The zero-order chi connectivity index (χ0) is 25.4. The number of amides is 3. The lowest BCUT2D eigenvalue weighted by atomic mass is 9.74. The second-order valence-corrected chi connectivity index (χ2v) is 11.6. The van der Waals surface area contributed by atoms with Crippen LogP contribution in [0, 0.1) is 18.3 Å². The molecule has 35 heavy (non-hydrogen) atoms. The third kappa shape index (κ3) is 5.80. The molecular weight excluding hydrogens is 464 g/mol. The Labute approximate surface area is 210 Å². The fourth-order valence-electron chi connectivity index (χ4n) is 3.64. The van der Waals surface area contributed by atoms with Gasteiger partial charge in [0.2, 0.25) is 0 Å². The summed E-state index contributed by atoms with van der Waals surface area (Å²) in [6.45, 7) is 10.0. The van der Waals surface area contributed by atoms with E-state index in [-0.39, 0.29) is 5.69 Å². The van der Waals surface area contributed by atoms with Gasteiger partial charge in [0.15, 0.2) is 5.13 Å². The van der Waals surface area contributed by atoms with Crippen molar-refractivity contribution < 1.29 is 14.4 Å². The van der Waals surface area contributed by atoms with Gasteiger partial charge in [0.1, 0.15) is 11.2 Å². The molecule has 1 atom stereocenters. The van der Waals surface area contributed by atoms with Crippen molar-refractivity contribution in [2.45, 2.75) is 71.9 Å². The molecular formula is C25H34N6O3S. The first-order valence-electron chi connectivity index (χ1n) is 12.1. The predicted molar refractivity (Wildman–Crippen MR) is 135 cm³/mol. The first-order chi connectivity index (χ1) is 16.5. The molecule has 2 heterocycles. The molecule has 9 nitrogen and oxygen atoms in total. The van der Waals surface area contributed by atoms with Crippen LogP contribution in [0.15, 0.2) is 23.7 Å². The van der Waals surface area contributed by atoms with Crippen molar-refractivity contribution in [1.29, 1.82) is 0 Å². The molecule has 2 aromatic heterocycles. The molecule has 4 rings (SSSR count). The molecule has 0 aliphatic heterocycles. The fraction of sp³-hybridized carbons (Fsp3) is 0.560. The smallest absolute Gasteiger partial charge is 0.289 e. The maximum atomic E-state index is 13.2. The Kier molecular flexibility index (Phi) is 6.86. The van der Waals surface area contributed by atoms with Gasteiger partial charge in [-0.1, -0.05) is 20.8 Å². The normalized spacial score (nSPS) is 17.3. The van der Waals surface area contributed by atoms with Gasteiger partial charge in [0, 0.05) is 29.9 Å². The van der Waals surface area contributed by atoms with E-state index in [4.69, 9.17) is 0 Å². The number of thiazole rings is 1. The molecule has 3 N–H and O–H groups in total. The molecule has 2 aromatic rings. The van der Waals surface area contributed by atoms with Gasteiger partial charge >= 0.3 is 0 Å². The minimum atomic E-state index is -1.32. The Balaban J connectivity index is 1.40. The number of nitrogens with zero attached hydrogens (tertiary/aromatic N) is 3. The van der Waals surface area contributed by atoms with Crippen molar-refractivity contribution in [1.82, 2.24) is 26.1 Å². The lowest BCUT2D eigenvalue weighted by molar-refractivity contribution is -0.131. The number of nitrogens with one attached hydrogen (secondary N) is 3. The summed E-state index contributed by atoms with van der Waals surface area (Å²) in [6.07, 6.45) is 6.33. The molecule has 0 radical (unpaired) electrons. The van der Waals surface area contributed by atoms with E-state index in [9.17, 15) is 14.4 Å². The van der Waals surface area contributed by atoms with Gasteiger partial charge in [0.25, 0.3) is 17.7 Å². The number of carbonyl (C=O) groups excluding carboxylic acids is 3. The van der Waals surface area contributed by atoms with E-state index in [1.165, 1.54) is 43.2 Å². The highest BCUT2D eigenvalue weighted by atomic mass is 32.1. The highest BCUT2D eigenvalue weighted by Gasteiger charge is 2.46. The number of carbonyl (C=O) groups is 3. The van der Waals surface area contributed by atoms with Crippen LogP contribution in [0.25, 0.3) is 0 Å². The number of hydrazine groups is 1. The van der Waals surface area contributed by atoms with Crippen LogP contribution >= 0.6 is 11.3 Å². The van der Waals surface area contributed by atoms with E-state index in [1.54, 1.807) is 24.4 Å². The first kappa shape index (κ1) is 25.1. The molecule has 2 saturated carbocycles. The monoisotopic (exact) mass is 498 g/mol. The first-order valence-corrected chi connectivity index (χ1v) is 12.9. The largest absolute Gasteiger partial charge is 0.345 e. The minimum Gasteiger partial charge on any atom is -0.345 e. The summed E-state index contributed by atoms with van der Waals surface area (Å²) in [7, 11) is 0. The molecule has 3 amide bonds. The van der Waals surface area contributed by atoms with E-state index in [1.807, 2.05) is 27.7 Å². The third-order valence-corrected chi connectivity index (χ3v) is 7.77. The number of anilines is 1. The second-order valence-electron chi connectivity index (χ2n) is 10.8. The number of aromatic nitrogens is 2. The summed E-state index contributed by atoms with van der Waals surface area (Å²) >= 11 is 1.45. The number of pyridine rings is 1. The van der Waals surface area contributed by atoms with Crippen molar-refractivity contribution in [3.05, 3.63) is 40.7 Å². The van der Waals surface area contributed by atoms with Gasteiger partial charge in [-0.25, -0.2) is 4.98 Å². The summed E-state index contributed by atoms with van der Waals surface area (Å²) < 4.78 is 0. The molecule has 2 aliphatic carbocycles. The summed E-state index contributed by atoms with van der Waals surface area (Å²) in [6, 6.07) is 3.92. The molecule has 188 valence electrons. The third-order valence-electron chi connectivity index (χ3n) is 6.89. The maximum Gasteiger partial charge on any atom is 0.289 e. The van der Waals surface area contributed by atoms with Crippen molar-refractivity contribution in [3.63, 3.8) is 0 Å². The average molecular weight is 499 g/mol. The van der Waals surface area contributed by atoms with Gasteiger partial charge in [-0.3, -0.25) is 30.2 Å². The van der Waals surface area contributed by atoms with E-state index in [2.05, 4.69) is 31.0 Å². The van der Waals surface area contributed by atoms with Crippen LogP contribution in [-0.4, -0.2) is 45.8 Å². The van der Waals surface area contributed by atoms with Crippen LogP contribution in [0.5, 0.6) is 0 Å². The van der Waals surface area contributed by atoms with Crippen LogP contribution < -0.4 is 21.1 Å². The Morgan fingerprint density at radius 1 is 1.06 bits per heavy atom. The van der Waals surface area contributed by atoms with Gasteiger partial charge in [-0.05, 0) is 63.0 Å². The summed E-state index contributed by atoms with van der Waals surface area (Å²) in [4.78, 5) is 49.9. The molecule has 0 aromatic carbocycles. The summed E-state index contributed by atoms with van der Waals surface area (Å²) in [5, 5.41) is 5.40. The summed E-state index contributed by atoms with van der Waals surface area (Å²) in [5.41, 5.74) is 4.39. The number of hydrogen-bond acceptors (Lipinski definition) is 7. The van der Waals surface area contributed by atoms with Gasteiger partial charge in [0.05, 0.1) is 5.56 Å². The SMILES string of the molecule is Cc1ccc(C(=O)N[C@@](C)(C(=O)NNC(=O)c2csc(N(CC3CC3)C3CC3)n2)C(C)(C)C)cn1. The van der Waals surface area contributed by atoms with Crippen LogP contribution in [0.1, 0.15) is 79.9 Å². The van der Waals surface area contributed by atoms with Gasteiger partial charge in [-0.2, -0.15) is 0 Å². The van der Waals surface area contributed by atoms with Crippen LogP contribution in [0.2, 0.25) is 0 Å². The maximum absolute atomic E-state index is 13.2. The molecule has 2 fully saturated rings. The molecule has 0 bridgehead atoms. The molecule has 0 saturated heterocycles. The van der Waals surface area contributed by atoms with Crippen molar-refractivity contribution in [2.75, 3.05) is 11.4 Å². The second kappa shape index (κ2) is 9.56. The lowest BCUT2D eigenvalue weighted by Gasteiger charge is -2.40. The Morgan fingerprint density at radius 3 is 2.34 bits per heavy atom. The Hall–Kier alpha value is -3.01. The molecule has 2 aliphatic rings. The minimum absolute atomic E-state index is 0.263. The quantitative estimate of drug-likeness (QED) is 0.481.